The van der Waals surface area contributed by atoms with E-state index in [-0.39, 0.29) is 53.5 Å². The van der Waals surface area contributed by atoms with Crippen LogP contribution in [0.25, 0.3) is 11.1 Å². The summed E-state index contributed by atoms with van der Waals surface area (Å²) in [6.07, 6.45) is 13.3. The van der Waals surface area contributed by atoms with E-state index in [1.165, 1.54) is 120 Å². The number of aromatic hydroxyl groups is 2. The number of unbranched alkanes of at least 4 members (excludes halogenated alkanes) is 12. The average Bonchev–Trinajstić information content (AvgIpc) is 3.33. The number of carbonyl (C=O) groups is 8. The summed E-state index contributed by atoms with van der Waals surface area (Å²) in [7, 11) is 1.27. The van der Waals surface area contributed by atoms with Gasteiger partial charge in [0.1, 0.15) is 47.8 Å². The first-order chi connectivity index (χ1) is 33.3. The van der Waals surface area contributed by atoms with Crippen LogP contribution in [0.2, 0.25) is 0 Å². The lowest BCUT2D eigenvalue weighted by atomic mass is 9.93. The van der Waals surface area contributed by atoms with Crippen LogP contribution in [0.3, 0.4) is 0 Å². The number of hydrogen-bond acceptors (Lipinski definition) is 12. The van der Waals surface area contributed by atoms with Crippen LogP contribution in [0.15, 0.2) is 36.4 Å². The van der Waals surface area contributed by atoms with Crippen molar-refractivity contribution >= 4 is 47.3 Å². The largest absolute Gasteiger partial charge is 0.507 e. The van der Waals surface area contributed by atoms with E-state index in [1.807, 2.05) is 0 Å². The van der Waals surface area contributed by atoms with Crippen molar-refractivity contribution in [2.75, 3.05) is 33.3 Å². The fourth-order valence-corrected chi connectivity index (χ4v) is 8.23. The first kappa shape index (κ1) is 58.0. The summed E-state index contributed by atoms with van der Waals surface area (Å²) in [6, 6.07) is 1.55. The highest BCUT2D eigenvalue weighted by Crippen LogP contribution is 2.38. The number of nitrogens with two attached hydrogens (primary N) is 1. The molecule has 0 aliphatic carbocycles. The summed E-state index contributed by atoms with van der Waals surface area (Å²) in [5, 5.41) is 54.4. The Labute approximate surface area is 410 Å². The van der Waals surface area contributed by atoms with Gasteiger partial charge in [-0.1, -0.05) is 96.1 Å². The van der Waals surface area contributed by atoms with Gasteiger partial charge in [0.15, 0.2) is 0 Å². The SMILES string of the molecule is CCCCCCCCCCCCCCCC(=O)N(CC)C(CO)C(=O)NC(C)C(=O)NCC(=O)N(C)C1C(=O)NC(C)C(=O)NC(C(=O)NCC(O)C(N)=O)Cc2ccc(O)c(c2)-c2cc1ccc2O. The molecule has 1 aliphatic rings. The van der Waals surface area contributed by atoms with E-state index >= 15 is 0 Å². The topological polar surface area (TPSA) is 310 Å². The lowest BCUT2D eigenvalue weighted by Gasteiger charge is -2.30. The Balaban J connectivity index is 1.67. The maximum atomic E-state index is 14.1. The highest BCUT2D eigenvalue weighted by atomic mass is 16.3. The zero-order valence-corrected chi connectivity index (χ0v) is 41.4. The molecule has 0 fully saturated rings. The van der Waals surface area contributed by atoms with Gasteiger partial charge in [-0.25, -0.2) is 0 Å². The molecular formula is C50H76N8O12. The smallest absolute Gasteiger partial charge is 0.248 e. The Morgan fingerprint density at radius 2 is 1.34 bits per heavy atom. The minimum Gasteiger partial charge on any atom is -0.507 e. The highest BCUT2D eigenvalue weighted by molar-refractivity contribution is 5.97. The van der Waals surface area contributed by atoms with Crippen molar-refractivity contribution in [3.05, 3.63) is 47.5 Å². The second-order valence-corrected chi connectivity index (χ2v) is 18.0. The molecule has 1 heterocycles. The molecule has 2 aromatic rings. The molecule has 11 N–H and O–H groups in total. The quantitative estimate of drug-likeness (QED) is 0.0576. The molecule has 0 aromatic heterocycles. The summed E-state index contributed by atoms with van der Waals surface area (Å²) in [4.78, 5) is 108. The molecule has 0 spiro atoms. The van der Waals surface area contributed by atoms with Crippen LogP contribution < -0.4 is 32.3 Å². The molecule has 4 bridgehead atoms. The molecule has 8 amide bonds. The maximum absolute atomic E-state index is 14.1. The molecule has 70 heavy (non-hydrogen) atoms. The summed E-state index contributed by atoms with van der Waals surface area (Å²) in [5.74, 6) is -6.90. The number of hydrogen-bond donors (Lipinski definition) is 10. The number of phenols is 2. The number of nitrogens with zero attached hydrogens (tertiary/aromatic N) is 2. The summed E-state index contributed by atoms with van der Waals surface area (Å²) in [5.41, 5.74) is 5.74. The number of phenolic OH excluding ortho intramolecular Hbond substituents is 2. The monoisotopic (exact) mass is 981 g/mol. The maximum Gasteiger partial charge on any atom is 0.248 e. The van der Waals surface area contributed by atoms with E-state index in [0.717, 1.165) is 24.2 Å². The summed E-state index contributed by atoms with van der Waals surface area (Å²) < 4.78 is 0. The first-order valence-corrected chi connectivity index (χ1v) is 24.6. The van der Waals surface area contributed by atoms with Crippen LogP contribution in [0.4, 0.5) is 0 Å². The van der Waals surface area contributed by atoms with Crippen LogP contribution in [-0.4, -0.2) is 141 Å². The van der Waals surface area contributed by atoms with Crippen molar-refractivity contribution in [1.29, 1.82) is 0 Å². The van der Waals surface area contributed by atoms with Gasteiger partial charge in [0.25, 0.3) is 0 Å². The molecular weight excluding hydrogens is 905 g/mol. The number of aliphatic hydroxyl groups is 2. The second kappa shape index (κ2) is 29.7. The number of carbonyl (C=O) groups excluding carboxylic acids is 8. The molecule has 0 radical (unpaired) electrons. The van der Waals surface area contributed by atoms with Crippen LogP contribution in [0, 0.1) is 0 Å². The minimum atomic E-state index is -1.72. The number of aliphatic hydroxyl groups excluding tert-OH is 2. The van der Waals surface area contributed by atoms with Crippen LogP contribution in [0.5, 0.6) is 11.5 Å². The minimum absolute atomic E-state index is 0.0391. The van der Waals surface area contributed by atoms with E-state index in [1.54, 1.807) is 6.92 Å². The molecule has 6 unspecified atom stereocenters. The van der Waals surface area contributed by atoms with Crippen molar-refractivity contribution in [1.82, 2.24) is 36.4 Å². The molecule has 388 valence electrons. The second-order valence-electron chi connectivity index (χ2n) is 18.0. The third-order valence-corrected chi connectivity index (χ3v) is 12.5. The van der Waals surface area contributed by atoms with Crippen LogP contribution in [0.1, 0.15) is 135 Å². The molecule has 0 saturated heterocycles. The molecule has 1 aliphatic heterocycles. The Morgan fingerprint density at radius 3 is 1.91 bits per heavy atom. The Hall–Kier alpha value is -6.28. The van der Waals surface area contributed by atoms with Crippen molar-refractivity contribution in [3.8, 4) is 22.6 Å². The van der Waals surface area contributed by atoms with Gasteiger partial charge in [-0.3, -0.25) is 38.4 Å². The third-order valence-electron chi connectivity index (χ3n) is 12.5. The molecule has 0 saturated carbocycles. The van der Waals surface area contributed by atoms with Crippen molar-refractivity contribution < 1.29 is 58.8 Å². The third kappa shape index (κ3) is 17.9. The zero-order chi connectivity index (χ0) is 51.9. The number of primary amides is 1. The van der Waals surface area contributed by atoms with Crippen molar-refractivity contribution in [3.63, 3.8) is 0 Å². The summed E-state index contributed by atoms with van der Waals surface area (Å²) in [6.45, 7) is 4.83. The molecule has 6 atom stereocenters. The van der Waals surface area contributed by atoms with E-state index < -0.39 is 97.4 Å². The van der Waals surface area contributed by atoms with Crippen molar-refractivity contribution in [2.24, 2.45) is 5.73 Å². The number of amides is 8. The molecule has 2 aromatic carbocycles. The van der Waals surface area contributed by atoms with E-state index in [4.69, 9.17) is 5.73 Å². The number of rotatable bonds is 27. The lowest BCUT2D eigenvalue weighted by molar-refractivity contribution is -0.143. The average molecular weight is 981 g/mol. The van der Waals surface area contributed by atoms with E-state index in [2.05, 4.69) is 33.5 Å². The van der Waals surface area contributed by atoms with E-state index in [0.29, 0.717) is 12.0 Å². The highest BCUT2D eigenvalue weighted by Gasteiger charge is 2.34. The molecule has 3 rings (SSSR count). The van der Waals surface area contributed by atoms with Gasteiger partial charge in [-0.15, -0.1) is 0 Å². The van der Waals surface area contributed by atoms with E-state index in [9.17, 15) is 58.8 Å². The number of benzene rings is 2. The molecule has 20 nitrogen and oxygen atoms in total. The standard InChI is InChI=1S/C50H76N8O12/c1-6-8-9-10-11-12-13-14-15-16-17-18-19-20-42(63)58(7-2)38(30-59)49(69)54-31(3)46(66)53-29-43(64)57(5)44-34-22-24-40(61)36(27-34)35-25-33(21-23-39(35)60)26-37(48(68)52-28-41(62)45(51)65)56-47(67)32(4)55-50(44)70/h21-25,27,31-32,37-38,41,44,59-62H,6-20,26,28-30H2,1-5H3,(H2,51,65)(H,52,68)(H,53,66)(H,54,69)(H,55,70)(H,56,67). The van der Waals surface area contributed by atoms with Gasteiger partial charge in [0, 0.05) is 37.6 Å². The summed E-state index contributed by atoms with van der Waals surface area (Å²) >= 11 is 0. The van der Waals surface area contributed by atoms with Gasteiger partial charge in [-0.05, 0) is 62.6 Å². The molecule has 20 heteroatoms. The van der Waals surface area contributed by atoms with Crippen LogP contribution in [-0.2, 0) is 44.8 Å². The Bertz CT molecular complexity index is 2100. The van der Waals surface area contributed by atoms with Gasteiger partial charge in [-0.2, -0.15) is 0 Å². The fourth-order valence-electron chi connectivity index (χ4n) is 8.23. The van der Waals surface area contributed by atoms with Crippen LogP contribution >= 0.6 is 0 Å². The lowest BCUT2D eigenvalue weighted by Crippen LogP contribution is -2.56. The van der Waals surface area contributed by atoms with Gasteiger partial charge in [0.2, 0.25) is 47.3 Å². The van der Waals surface area contributed by atoms with Gasteiger partial charge in [0.05, 0.1) is 19.7 Å². The van der Waals surface area contributed by atoms with Gasteiger partial charge >= 0.3 is 0 Å². The number of fused-ring (bicyclic) bond motifs is 5. The predicted octanol–water partition coefficient (Wildman–Crippen LogP) is 2.08. The fraction of sp³-hybridized carbons (Fsp3) is 0.600. The Kier molecular flexibility index (Phi) is 24.6. The van der Waals surface area contributed by atoms with Gasteiger partial charge < -0.3 is 62.5 Å². The predicted molar refractivity (Wildman–Crippen MR) is 261 cm³/mol. The van der Waals surface area contributed by atoms with Crippen molar-refractivity contribution in [2.45, 2.75) is 160 Å². The normalized spacial score (nSPS) is 17.1. The Morgan fingerprint density at radius 1 is 0.771 bits per heavy atom. The first-order valence-electron chi connectivity index (χ1n) is 24.6. The number of nitrogens with one attached hydrogen (secondary N) is 5. The zero-order valence-electron chi connectivity index (χ0n) is 41.4. The number of likely N-dealkylation sites (N-methyl/N-ethyl adjacent to an activating group) is 2.